The first-order valence-corrected chi connectivity index (χ1v) is 11.4. The molecular weight excluding hydrogens is 445 g/mol. The van der Waals surface area contributed by atoms with Gasteiger partial charge in [0.2, 0.25) is 0 Å². The minimum atomic E-state index is -0.683. The van der Waals surface area contributed by atoms with E-state index in [1.54, 1.807) is 36.4 Å². The summed E-state index contributed by atoms with van der Waals surface area (Å²) in [5.41, 5.74) is 2.76. The van der Waals surface area contributed by atoms with Gasteiger partial charge in [0.25, 0.3) is 0 Å². The van der Waals surface area contributed by atoms with Crippen LogP contribution in [-0.4, -0.2) is 29.4 Å². The van der Waals surface area contributed by atoms with Gasteiger partial charge in [0.1, 0.15) is 35.4 Å². The number of aliphatic hydroxyl groups excluding tert-OH is 1. The first-order valence-electron chi connectivity index (χ1n) is 11.4. The van der Waals surface area contributed by atoms with E-state index in [9.17, 15) is 14.6 Å². The van der Waals surface area contributed by atoms with Gasteiger partial charge in [-0.25, -0.2) is 4.39 Å². The van der Waals surface area contributed by atoms with Gasteiger partial charge >= 0.3 is 0 Å². The molecule has 0 radical (unpaired) electrons. The molecule has 180 valence electrons. The van der Waals surface area contributed by atoms with E-state index < -0.39 is 6.10 Å². The molecule has 0 heterocycles. The van der Waals surface area contributed by atoms with Gasteiger partial charge in [-0.1, -0.05) is 36.4 Å². The number of aliphatic hydroxyl groups is 1. The molecule has 0 aliphatic heterocycles. The van der Waals surface area contributed by atoms with Crippen LogP contribution in [0.4, 0.5) is 4.39 Å². The van der Waals surface area contributed by atoms with Crippen molar-refractivity contribution in [1.29, 1.82) is 0 Å². The highest BCUT2D eigenvalue weighted by atomic mass is 19.1. The average Bonchev–Trinajstić information content (AvgIpc) is 2.88. The Kier molecular flexibility index (Phi) is 7.98. The molecule has 0 bridgehead atoms. The number of phenols is 1. The van der Waals surface area contributed by atoms with E-state index in [1.807, 2.05) is 55.5 Å². The zero-order valence-corrected chi connectivity index (χ0v) is 19.4. The minimum Gasteiger partial charge on any atom is -0.508 e. The quantitative estimate of drug-likeness (QED) is 0.244. The number of nitrogens with one attached hydrogen (secondary N) is 1. The minimum absolute atomic E-state index is 0.171. The van der Waals surface area contributed by atoms with Gasteiger partial charge in [-0.3, -0.25) is 0 Å². The van der Waals surface area contributed by atoms with E-state index in [0.29, 0.717) is 24.7 Å². The van der Waals surface area contributed by atoms with Gasteiger partial charge in [-0.2, -0.15) is 0 Å². The van der Waals surface area contributed by atoms with Crippen LogP contribution < -0.4 is 14.8 Å². The van der Waals surface area contributed by atoms with Crippen LogP contribution in [0.15, 0.2) is 97.1 Å². The molecule has 0 aliphatic rings. The first-order chi connectivity index (χ1) is 17.0. The molecular formula is C29H28FNO4. The number of phenolic OH excluding ortho intramolecular Hbond substituents is 1. The van der Waals surface area contributed by atoms with E-state index in [1.165, 1.54) is 12.1 Å². The Hall–Kier alpha value is -3.87. The third kappa shape index (κ3) is 6.82. The first kappa shape index (κ1) is 24.3. The summed E-state index contributed by atoms with van der Waals surface area (Å²) in [6.45, 7) is 2.92. The van der Waals surface area contributed by atoms with Crippen LogP contribution in [0, 0.1) is 5.82 Å². The standard InChI is InChI=1S/C29H28FNO4/c1-20(29(33)22-5-11-25(32)12-6-22)31-17-18-34-26-13-7-21(8-14-26)23-3-2-4-28(19-23)35-27-15-9-24(30)10-16-27/h2-16,19-20,29,31-33H,17-18H2,1H3/t20-,29-/m1/s1. The highest BCUT2D eigenvalue weighted by molar-refractivity contribution is 5.66. The van der Waals surface area contributed by atoms with E-state index in [-0.39, 0.29) is 17.6 Å². The van der Waals surface area contributed by atoms with Crippen LogP contribution in [0.3, 0.4) is 0 Å². The fraction of sp³-hybridized carbons (Fsp3) is 0.172. The Labute approximate surface area is 204 Å². The van der Waals surface area contributed by atoms with E-state index in [0.717, 1.165) is 22.4 Å². The number of hydrogen-bond donors (Lipinski definition) is 3. The lowest BCUT2D eigenvalue weighted by Crippen LogP contribution is -2.35. The Bertz CT molecular complexity index is 1210. The molecule has 0 saturated carbocycles. The van der Waals surface area contributed by atoms with E-state index >= 15 is 0 Å². The number of aromatic hydroxyl groups is 1. The lowest BCUT2D eigenvalue weighted by molar-refractivity contribution is 0.133. The van der Waals surface area contributed by atoms with Gasteiger partial charge in [0.15, 0.2) is 0 Å². The third-order valence-corrected chi connectivity index (χ3v) is 5.62. The SMILES string of the molecule is C[C@@H](NCCOc1ccc(-c2cccc(Oc3ccc(F)cc3)c2)cc1)[C@@H](O)c1ccc(O)cc1. The maximum atomic E-state index is 13.1. The molecule has 3 N–H and O–H groups in total. The van der Waals surface area contributed by atoms with Crippen molar-refractivity contribution in [2.24, 2.45) is 0 Å². The molecule has 0 amide bonds. The summed E-state index contributed by atoms with van der Waals surface area (Å²) >= 11 is 0. The number of ether oxygens (including phenoxy) is 2. The van der Waals surface area contributed by atoms with Gasteiger partial charge in [-0.15, -0.1) is 0 Å². The third-order valence-electron chi connectivity index (χ3n) is 5.62. The van der Waals surface area contributed by atoms with Crippen LogP contribution in [0.25, 0.3) is 11.1 Å². The lowest BCUT2D eigenvalue weighted by Gasteiger charge is -2.21. The van der Waals surface area contributed by atoms with Crippen molar-refractivity contribution in [3.05, 3.63) is 108 Å². The predicted molar refractivity (Wildman–Crippen MR) is 134 cm³/mol. The van der Waals surface area contributed by atoms with Crippen molar-refractivity contribution in [1.82, 2.24) is 5.32 Å². The molecule has 4 aromatic rings. The number of benzene rings is 4. The van der Waals surface area contributed by atoms with Crippen LogP contribution in [0.5, 0.6) is 23.0 Å². The highest BCUT2D eigenvalue weighted by Gasteiger charge is 2.15. The maximum absolute atomic E-state index is 13.1. The summed E-state index contributed by atoms with van der Waals surface area (Å²) in [4.78, 5) is 0. The number of hydrogen-bond acceptors (Lipinski definition) is 5. The second kappa shape index (κ2) is 11.5. The molecule has 0 fully saturated rings. The zero-order chi connectivity index (χ0) is 24.6. The molecule has 5 nitrogen and oxygen atoms in total. The molecule has 4 aromatic carbocycles. The van der Waals surface area contributed by atoms with Crippen molar-refractivity contribution < 1.29 is 24.1 Å². The lowest BCUT2D eigenvalue weighted by atomic mass is 10.0. The predicted octanol–water partition coefficient (Wildman–Crippen LogP) is 6.08. The Balaban J connectivity index is 1.27. The summed E-state index contributed by atoms with van der Waals surface area (Å²) in [6, 6.07) is 27.8. The smallest absolute Gasteiger partial charge is 0.128 e. The monoisotopic (exact) mass is 473 g/mol. The van der Waals surface area contributed by atoms with E-state index in [4.69, 9.17) is 9.47 Å². The van der Waals surface area contributed by atoms with Crippen LogP contribution in [0.1, 0.15) is 18.6 Å². The van der Waals surface area contributed by atoms with Crippen molar-refractivity contribution >= 4 is 0 Å². The van der Waals surface area contributed by atoms with Crippen LogP contribution in [0.2, 0.25) is 0 Å². The van der Waals surface area contributed by atoms with Crippen molar-refractivity contribution in [3.63, 3.8) is 0 Å². The summed E-state index contributed by atoms with van der Waals surface area (Å²) < 4.78 is 24.8. The largest absolute Gasteiger partial charge is 0.508 e. The summed E-state index contributed by atoms with van der Waals surface area (Å²) in [7, 11) is 0. The van der Waals surface area contributed by atoms with Gasteiger partial charge in [0, 0.05) is 12.6 Å². The van der Waals surface area contributed by atoms with Crippen molar-refractivity contribution in [3.8, 4) is 34.1 Å². The summed E-state index contributed by atoms with van der Waals surface area (Å²) in [6.07, 6.45) is -0.683. The average molecular weight is 474 g/mol. The topological polar surface area (TPSA) is 71.0 Å². The molecule has 4 rings (SSSR count). The Morgan fingerprint density at radius 3 is 2.20 bits per heavy atom. The molecule has 0 aliphatic carbocycles. The second-order valence-corrected chi connectivity index (χ2v) is 8.24. The number of rotatable bonds is 10. The highest BCUT2D eigenvalue weighted by Crippen LogP contribution is 2.28. The van der Waals surface area contributed by atoms with Crippen LogP contribution in [-0.2, 0) is 0 Å². The molecule has 35 heavy (non-hydrogen) atoms. The number of halogens is 1. The van der Waals surface area contributed by atoms with Crippen molar-refractivity contribution in [2.45, 2.75) is 19.1 Å². The summed E-state index contributed by atoms with van der Waals surface area (Å²) in [5, 5.41) is 23.1. The molecule has 0 unspecified atom stereocenters. The normalized spacial score (nSPS) is 12.7. The Morgan fingerprint density at radius 2 is 1.49 bits per heavy atom. The van der Waals surface area contributed by atoms with Gasteiger partial charge in [0.05, 0.1) is 6.10 Å². The summed E-state index contributed by atoms with van der Waals surface area (Å²) in [5.74, 6) is 1.87. The molecule has 0 aromatic heterocycles. The second-order valence-electron chi connectivity index (χ2n) is 8.24. The molecule has 0 spiro atoms. The molecule has 6 heteroatoms. The fourth-order valence-electron chi connectivity index (χ4n) is 3.65. The zero-order valence-electron chi connectivity index (χ0n) is 19.4. The van der Waals surface area contributed by atoms with Crippen molar-refractivity contribution in [2.75, 3.05) is 13.2 Å². The van der Waals surface area contributed by atoms with E-state index in [2.05, 4.69) is 5.32 Å². The Morgan fingerprint density at radius 1 is 0.800 bits per heavy atom. The van der Waals surface area contributed by atoms with Gasteiger partial charge in [-0.05, 0) is 84.3 Å². The maximum Gasteiger partial charge on any atom is 0.128 e. The van der Waals surface area contributed by atoms with Gasteiger partial charge < -0.3 is 25.0 Å². The van der Waals surface area contributed by atoms with Crippen LogP contribution >= 0.6 is 0 Å². The molecule has 2 atom stereocenters. The fourth-order valence-corrected chi connectivity index (χ4v) is 3.65. The molecule has 0 saturated heterocycles.